The summed E-state index contributed by atoms with van der Waals surface area (Å²) >= 11 is 0. The minimum Gasteiger partial charge on any atom is -0.390 e. The molecule has 0 radical (unpaired) electrons. The van der Waals surface area contributed by atoms with E-state index in [0.29, 0.717) is 12.3 Å². The second kappa shape index (κ2) is 6.88. The summed E-state index contributed by atoms with van der Waals surface area (Å²) in [7, 11) is 0. The molecular formula is C17H26N2O2. The third-order valence-electron chi connectivity index (χ3n) is 4.91. The average Bonchev–Trinajstić information content (AvgIpc) is 3.10. The molecule has 1 aromatic rings. The number of aliphatic hydroxyl groups is 2. The molecule has 1 heterocycles. The van der Waals surface area contributed by atoms with Crippen molar-refractivity contribution in [3.05, 3.63) is 35.9 Å². The van der Waals surface area contributed by atoms with Crippen molar-refractivity contribution in [2.24, 2.45) is 5.92 Å². The van der Waals surface area contributed by atoms with Gasteiger partial charge in [-0.05, 0) is 50.4 Å². The summed E-state index contributed by atoms with van der Waals surface area (Å²) in [6, 6.07) is 10.5. The van der Waals surface area contributed by atoms with Gasteiger partial charge >= 0.3 is 0 Å². The summed E-state index contributed by atoms with van der Waals surface area (Å²) in [5, 5.41) is 23.8. The van der Waals surface area contributed by atoms with Gasteiger partial charge in [0.2, 0.25) is 0 Å². The van der Waals surface area contributed by atoms with E-state index in [4.69, 9.17) is 0 Å². The lowest BCUT2D eigenvalue weighted by atomic mass is 10.0. The Hall–Kier alpha value is -0.940. The molecule has 4 nitrogen and oxygen atoms in total. The molecule has 0 aromatic heterocycles. The highest BCUT2D eigenvalue weighted by Crippen LogP contribution is 2.32. The third-order valence-corrected chi connectivity index (χ3v) is 4.91. The predicted molar refractivity (Wildman–Crippen MR) is 82.9 cm³/mol. The van der Waals surface area contributed by atoms with Crippen molar-refractivity contribution in [3.8, 4) is 0 Å². The standard InChI is InChI=1S/C17H26N2O2/c20-15-10-14(12-18-11-13-6-2-1-3-7-13)16(17(15)21)19-8-4-5-9-19/h1-3,6-7,14-18,20-21H,4-5,8-12H2/t14-,15-,16-,17-/m0/s1. The molecule has 4 heteroatoms. The lowest BCUT2D eigenvalue weighted by Crippen LogP contribution is -2.46. The van der Waals surface area contributed by atoms with Crippen LogP contribution in [-0.2, 0) is 6.54 Å². The van der Waals surface area contributed by atoms with Gasteiger partial charge in [-0.3, -0.25) is 4.90 Å². The van der Waals surface area contributed by atoms with E-state index in [-0.39, 0.29) is 6.04 Å². The number of hydrogen-bond donors (Lipinski definition) is 3. The first-order chi connectivity index (χ1) is 10.3. The Labute approximate surface area is 126 Å². The second-order valence-electron chi connectivity index (χ2n) is 6.40. The Balaban J connectivity index is 1.55. The van der Waals surface area contributed by atoms with Crippen LogP contribution in [0.3, 0.4) is 0 Å². The number of hydrogen-bond acceptors (Lipinski definition) is 4. The van der Waals surface area contributed by atoms with Crippen molar-refractivity contribution in [2.45, 2.75) is 44.1 Å². The highest BCUT2D eigenvalue weighted by molar-refractivity contribution is 5.14. The van der Waals surface area contributed by atoms with Crippen molar-refractivity contribution in [2.75, 3.05) is 19.6 Å². The van der Waals surface area contributed by atoms with Gasteiger partial charge in [0.05, 0.1) is 12.2 Å². The van der Waals surface area contributed by atoms with Gasteiger partial charge in [-0.15, -0.1) is 0 Å². The van der Waals surface area contributed by atoms with E-state index < -0.39 is 12.2 Å². The molecule has 4 atom stereocenters. The molecule has 0 spiro atoms. The number of nitrogens with zero attached hydrogens (tertiary/aromatic N) is 1. The van der Waals surface area contributed by atoms with Crippen LogP contribution < -0.4 is 5.32 Å². The minimum atomic E-state index is -0.591. The first-order valence-corrected chi connectivity index (χ1v) is 8.10. The van der Waals surface area contributed by atoms with Crippen molar-refractivity contribution >= 4 is 0 Å². The maximum absolute atomic E-state index is 10.3. The fraction of sp³-hybridized carbons (Fsp3) is 0.647. The van der Waals surface area contributed by atoms with Gasteiger partial charge in [-0.2, -0.15) is 0 Å². The van der Waals surface area contributed by atoms with Crippen LogP contribution in [0.25, 0.3) is 0 Å². The summed E-state index contributed by atoms with van der Waals surface area (Å²) in [4.78, 5) is 2.37. The fourth-order valence-electron chi connectivity index (χ4n) is 3.85. The molecular weight excluding hydrogens is 264 g/mol. The molecule has 21 heavy (non-hydrogen) atoms. The van der Waals surface area contributed by atoms with Crippen molar-refractivity contribution in [3.63, 3.8) is 0 Å². The Kier molecular flexibility index (Phi) is 4.91. The zero-order valence-electron chi connectivity index (χ0n) is 12.5. The molecule has 1 aliphatic carbocycles. The van der Waals surface area contributed by atoms with Gasteiger partial charge in [0.15, 0.2) is 0 Å². The molecule has 0 unspecified atom stereocenters. The van der Waals surface area contributed by atoms with E-state index in [9.17, 15) is 10.2 Å². The highest BCUT2D eigenvalue weighted by Gasteiger charge is 2.44. The molecule has 2 fully saturated rings. The highest BCUT2D eigenvalue weighted by atomic mass is 16.3. The van der Waals surface area contributed by atoms with Crippen molar-refractivity contribution in [1.82, 2.24) is 10.2 Å². The molecule has 3 rings (SSSR count). The van der Waals surface area contributed by atoms with Crippen LogP contribution in [0.5, 0.6) is 0 Å². The molecule has 3 N–H and O–H groups in total. The lowest BCUT2D eigenvalue weighted by Gasteiger charge is -2.31. The van der Waals surface area contributed by atoms with E-state index in [1.54, 1.807) is 0 Å². The SMILES string of the molecule is O[C@@H]1[C@@H](N2CCCC2)[C@H](CNCc2ccccc2)C[C@@H]1O. The zero-order chi connectivity index (χ0) is 14.7. The average molecular weight is 290 g/mol. The fourth-order valence-corrected chi connectivity index (χ4v) is 3.85. The van der Waals surface area contributed by atoms with Crippen LogP contribution >= 0.6 is 0 Å². The monoisotopic (exact) mass is 290 g/mol. The van der Waals surface area contributed by atoms with Crippen LogP contribution in [0.1, 0.15) is 24.8 Å². The smallest absolute Gasteiger partial charge is 0.0957 e. The number of rotatable bonds is 5. The summed E-state index contributed by atoms with van der Waals surface area (Å²) in [5.74, 6) is 0.330. The summed E-state index contributed by atoms with van der Waals surface area (Å²) in [6.07, 6.45) is 1.96. The van der Waals surface area contributed by atoms with Gasteiger partial charge in [0, 0.05) is 12.6 Å². The molecule has 2 aliphatic rings. The minimum absolute atomic E-state index is 0.116. The van der Waals surface area contributed by atoms with Crippen LogP contribution in [0, 0.1) is 5.92 Å². The second-order valence-corrected chi connectivity index (χ2v) is 6.40. The third kappa shape index (κ3) is 3.46. The first-order valence-electron chi connectivity index (χ1n) is 8.10. The van der Waals surface area contributed by atoms with Crippen molar-refractivity contribution in [1.29, 1.82) is 0 Å². The molecule has 0 bridgehead atoms. The van der Waals surface area contributed by atoms with Crippen LogP contribution in [0.2, 0.25) is 0 Å². The predicted octanol–water partition coefficient (Wildman–Crippen LogP) is 0.982. The van der Waals surface area contributed by atoms with Crippen LogP contribution in [0.15, 0.2) is 30.3 Å². The number of nitrogens with one attached hydrogen (secondary N) is 1. The van der Waals surface area contributed by atoms with E-state index in [2.05, 4.69) is 22.3 Å². The molecule has 0 amide bonds. The van der Waals surface area contributed by atoms with Gasteiger partial charge in [-0.25, -0.2) is 0 Å². The topological polar surface area (TPSA) is 55.7 Å². The van der Waals surface area contributed by atoms with E-state index >= 15 is 0 Å². The van der Waals surface area contributed by atoms with E-state index in [0.717, 1.165) is 26.2 Å². The number of aliphatic hydroxyl groups excluding tert-OH is 2. The number of likely N-dealkylation sites (tertiary alicyclic amines) is 1. The quantitative estimate of drug-likeness (QED) is 0.757. The molecule has 1 aromatic carbocycles. The summed E-state index contributed by atoms with van der Waals surface area (Å²) in [6.45, 7) is 3.81. The summed E-state index contributed by atoms with van der Waals surface area (Å²) < 4.78 is 0. The van der Waals surface area contributed by atoms with Crippen molar-refractivity contribution < 1.29 is 10.2 Å². The van der Waals surface area contributed by atoms with Gasteiger partial charge in [-0.1, -0.05) is 30.3 Å². The normalized spacial score (nSPS) is 33.6. The Bertz CT molecular complexity index is 434. The van der Waals surface area contributed by atoms with Crippen LogP contribution in [-0.4, -0.2) is 53.0 Å². The summed E-state index contributed by atoms with van der Waals surface area (Å²) in [5.41, 5.74) is 1.27. The van der Waals surface area contributed by atoms with E-state index in [1.807, 2.05) is 18.2 Å². The Morgan fingerprint density at radius 2 is 1.81 bits per heavy atom. The molecule has 1 aliphatic heterocycles. The van der Waals surface area contributed by atoms with Crippen LogP contribution in [0.4, 0.5) is 0 Å². The first kappa shape index (κ1) is 15.0. The lowest BCUT2D eigenvalue weighted by molar-refractivity contribution is 0.00114. The number of benzene rings is 1. The van der Waals surface area contributed by atoms with E-state index in [1.165, 1.54) is 18.4 Å². The molecule has 116 valence electrons. The maximum Gasteiger partial charge on any atom is 0.0957 e. The van der Waals surface area contributed by atoms with Gasteiger partial charge in [0.1, 0.15) is 0 Å². The Morgan fingerprint density at radius 1 is 1.10 bits per heavy atom. The zero-order valence-corrected chi connectivity index (χ0v) is 12.5. The Morgan fingerprint density at radius 3 is 2.52 bits per heavy atom. The molecule has 1 saturated carbocycles. The van der Waals surface area contributed by atoms with Gasteiger partial charge in [0.25, 0.3) is 0 Å². The molecule has 1 saturated heterocycles. The largest absolute Gasteiger partial charge is 0.390 e. The maximum atomic E-state index is 10.3. The van der Waals surface area contributed by atoms with Gasteiger partial charge < -0.3 is 15.5 Å².